The lowest BCUT2D eigenvalue weighted by molar-refractivity contribution is -0.122. The van der Waals surface area contributed by atoms with Crippen molar-refractivity contribution in [1.29, 1.82) is 0 Å². The van der Waals surface area contributed by atoms with Gasteiger partial charge >= 0.3 is 5.97 Å². The standard InChI is InChI=1S/C31H34FN3O10S2/c1-44-31(39)29-25(36)11-8-12-26(29)45-16-7-3-6-15-33-30(38)24(34-46(40,41)21-9-4-2-5-10-21)18-20-13-14-22(23(32)17-20)27-19-28(37)35-47(27,42)43/h2,4-5,8-14,17,24,27,34,36H,3,6-7,15-16,18-19H2,1H3,(H,33,38)(H,35,37)/t24-,27?/m0/s1. The maximum absolute atomic E-state index is 15.1. The summed E-state index contributed by atoms with van der Waals surface area (Å²) in [6, 6.07) is 14.0. The maximum atomic E-state index is 15.1. The number of rotatable bonds is 15. The van der Waals surface area contributed by atoms with Crippen LogP contribution >= 0.6 is 0 Å². The Bertz CT molecular complexity index is 1840. The van der Waals surface area contributed by atoms with Gasteiger partial charge in [0.2, 0.25) is 31.9 Å². The van der Waals surface area contributed by atoms with E-state index < -0.39 is 61.4 Å². The van der Waals surface area contributed by atoms with E-state index in [2.05, 4.69) is 14.8 Å². The van der Waals surface area contributed by atoms with Crippen molar-refractivity contribution in [2.24, 2.45) is 0 Å². The minimum atomic E-state index is -4.16. The summed E-state index contributed by atoms with van der Waals surface area (Å²) in [6.07, 6.45) is 0.908. The van der Waals surface area contributed by atoms with Crippen molar-refractivity contribution in [3.63, 3.8) is 0 Å². The van der Waals surface area contributed by atoms with Crippen LogP contribution in [0.15, 0.2) is 71.6 Å². The number of amides is 2. The van der Waals surface area contributed by atoms with Crippen LogP contribution < -0.4 is 19.5 Å². The van der Waals surface area contributed by atoms with Crippen LogP contribution in [0.25, 0.3) is 0 Å². The van der Waals surface area contributed by atoms with Gasteiger partial charge < -0.3 is 19.9 Å². The second-order valence-corrected chi connectivity index (χ2v) is 14.2. The topological polar surface area (TPSA) is 194 Å². The summed E-state index contributed by atoms with van der Waals surface area (Å²) < 4.78 is 80.2. The van der Waals surface area contributed by atoms with Crippen LogP contribution in [0.2, 0.25) is 0 Å². The molecule has 1 unspecified atom stereocenters. The highest BCUT2D eigenvalue weighted by molar-refractivity contribution is 7.90. The first-order chi connectivity index (χ1) is 22.3. The first-order valence-corrected chi connectivity index (χ1v) is 17.6. The summed E-state index contributed by atoms with van der Waals surface area (Å²) in [4.78, 5) is 36.7. The zero-order valence-corrected chi connectivity index (χ0v) is 26.9. The number of ether oxygens (including phenoxy) is 2. The molecule has 4 N–H and O–H groups in total. The molecule has 1 heterocycles. The number of hydrogen-bond donors (Lipinski definition) is 4. The third-order valence-corrected chi connectivity index (χ3v) is 10.5. The number of methoxy groups -OCH3 is 1. The molecule has 47 heavy (non-hydrogen) atoms. The van der Waals surface area contributed by atoms with Crippen LogP contribution in [0, 0.1) is 5.82 Å². The van der Waals surface area contributed by atoms with Crippen molar-refractivity contribution >= 4 is 37.8 Å². The number of benzene rings is 3. The normalized spacial score (nSPS) is 16.2. The van der Waals surface area contributed by atoms with Gasteiger partial charge in [0.15, 0.2) is 0 Å². The first kappa shape index (κ1) is 35.3. The number of carbonyl (C=O) groups excluding carboxylic acids is 3. The lowest BCUT2D eigenvalue weighted by atomic mass is 10.0. The summed E-state index contributed by atoms with van der Waals surface area (Å²) >= 11 is 0. The molecule has 1 aliphatic rings. The molecule has 2 amide bonds. The molecule has 0 aliphatic carbocycles. The Morgan fingerprint density at radius 1 is 1.06 bits per heavy atom. The highest BCUT2D eigenvalue weighted by atomic mass is 32.2. The van der Waals surface area contributed by atoms with Gasteiger partial charge in [0.1, 0.15) is 34.2 Å². The van der Waals surface area contributed by atoms with Crippen LogP contribution in [0.4, 0.5) is 4.39 Å². The molecule has 252 valence electrons. The maximum Gasteiger partial charge on any atom is 0.345 e. The number of esters is 1. The zero-order chi connectivity index (χ0) is 34.2. The van der Waals surface area contributed by atoms with Gasteiger partial charge in [-0.2, -0.15) is 4.72 Å². The molecular formula is C31H34FN3O10S2. The Kier molecular flexibility index (Phi) is 11.5. The van der Waals surface area contributed by atoms with Gasteiger partial charge in [0, 0.05) is 12.1 Å². The lowest BCUT2D eigenvalue weighted by Crippen LogP contribution is -2.48. The lowest BCUT2D eigenvalue weighted by Gasteiger charge is -2.19. The van der Waals surface area contributed by atoms with Gasteiger partial charge in [0.05, 0.1) is 25.0 Å². The fourth-order valence-corrected chi connectivity index (χ4v) is 7.59. The molecule has 0 bridgehead atoms. The SMILES string of the molecule is COC(=O)c1c(O)cccc1OCCCCCNC(=O)[C@H](Cc1ccc(C2CC(=O)NS2(=O)=O)c(F)c1)NS(=O)(=O)c1ccccc1. The number of carbonyl (C=O) groups is 3. The third-order valence-electron chi connectivity index (χ3n) is 7.29. The Hall–Kier alpha value is -4.54. The third kappa shape index (κ3) is 9.05. The van der Waals surface area contributed by atoms with Crippen molar-refractivity contribution in [3.05, 3.63) is 89.2 Å². The minimum Gasteiger partial charge on any atom is -0.507 e. The minimum absolute atomic E-state index is 0.0787. The number of sulfonamides is 2. The molecule has 2 atom stereocenters. The van der Waals surface area contributed by atoms with Gasteiger partial charge in [-0.3, -0.25) is 14.3 Å². The molecule has 13 nitrogen and oxygen atoms in total. The number of hydrogen-bond acceptors (Lipinski definition) is 10. The van der Waals surface area contributed by atoms with E-state index in [-0.39, 0.29) is 52.7 Å². The van der Waals surface area contributed by atoms with Crippen LogP contribution in [0.3, 0.4) is 0 Å². The number of unbranched alkanes of at least 4 members (excludes halogenated alkanes) is 2. The molecule has 4 rings (SSSR count). The Balaban J connectivity index is 1.38. The highest BCUT2D eigenvalue weighted by Gasteiger charge is 2.39. The average molecular weight is 692 g/mol. The fourth-order valence-electron chi connectivity index (χ4n) is 4.93. The van der Waals surface area contributed by atoms with E-state index in [0.29, 0.717) is 19.3 Å². The second kappa shape index (κ2) is 15.4. The van der Waals surface area contributed by atoms with Crippen molar-refractivity contribution in [1.82, 2.24) is 14.8 Å². The molecule has 1 saturated heterocycles. The molecule has 16 heteroatoms. The van der Waals surface area contributed by atoms with Gasteiger partial charge in [0.25, 0.3) is 0 Å². The van der Waals surface area contributed by atoms with Crippen LogP contribution in [0.5, 0.6) is 11.5 Å². The summed E-state index contributed by atoms with van der Waals surface area (Å²) in [6.45, 7) is 0.380. The Morgan fingerprint density at radius 2 is 1.81 bits per heavy atom. The summed E-state index contributed by atoms with van der Waals surface area (Å²) in [5.41, 5.74) is -0.0868. The number of halogens is 1. The molecule has 0 saturated carbocycles. The van der Waals surface area contributed by atoms with Crippen LogP contribution in [-0.4, -0.2) is 66.0 Å². The Morgan fingerprint density at radius 3 is 2.47 bits per heavy atom. The van der Waals surface area contributed by atoms with Gasteiger partial charge in [-0.15, -0.1) is 0 Å². The van der Waals surface area contributed by atoms with Crippen molar-refractivity contribution in [3.8, 4) is 11.5 Å². The van der Waals surface area contributed by atoms with Crippen molar-refractivity contribution in [2.75, 3.05) is 20.3 Å². The van der Waals surface area contributed by atoms with Gasteiger partial charge in [-0.1, -0.05) is 36.4 Å². The highest BCUT2D eigenvalue weighted by Crippen LogP contribution is 2.32. The average Bonchev–Trinajstić information content (AvgIpc) is 3.31. The molecule has 1 fully saturated rings. The number of aromatic hydroxyl groups is 1. The molecule has 0 aromatic heterocycles. The quantitative estimate of drug-likeness (QED) is 0.136. The predicted molar refractivity (Wildman–Crippen MR) is 167 cm³/mol. The Labute approximate surface area is 271 Å². The van der Waals surface area contributed by atoms with Gasteiger partial charge in [-0.25, -0.2) is 26.0 Å². The van der Waals surface area contributed by atoms with E-state index in [1.165, 1.54) is 61.7 Å². The summed E-state index contributed by atoms with van der Waals surface area (Å²) in [7, 11) is -7.06. The molecule has 3 aromatic carbocycles. The molecule has 0 spiro atoms. The number of nitrogens with one attached hydrogen (secondary N) is 3. The first-order valence-electron chi connectivity index (χ1n) is 14.5. The van der Waals surface area contributed by atoms with E-state index in [4.69, 9.17) is 4.74 Å². The summed E-state index contributed by atoms with van der Waals surface area (Å²) in [5, 5.41) is 11.3. The van der Waals surface area contributed by atoms with Crippen LogP contribution in [-0.2, 0) is 40.8 Å². The van der Waals surface area contributed by atoms with E-state index >= 15 is 4.39 Å². The molecular weight excluding hydrogens is 657 g/mol. The number of phenols is 1. The number of phenolic OH excluding ortho intramolecular Hbond substituents is 1. The molecule has 0 radical (unpaired) electrons. The molecule has 3 aromatic rings. The van der Waals surface area contributed by atoms with Gasteiger partial charge in [-0.05, 0) is 61.6 Å². The predicted octanol–water partition coefficient (Wildman–Crippen LogP) is 2.46. The van der Waals surface area contributed by atoms with E-state index in [1.807, 2.05) is 4.72 Å². The van der Waals surface area contributed by atoms with Crippen molar-refractivity contribution in [2.45, 2.75) is 48.3 Å². The zero-order valence-electron chi connectivity index (χ0n) is 25.3. The smallest absolute Gasteiger partial charge is 0.345 e. The molecule has 1 aliphatic heterocycles. The van der Waals surface area contributed by atoms with E-state index in [9.17, 15) is 36.3 Å². The van der Waals surface area contributed by atoms with Crippen LogP contribution in [0.1, 0.15) is 52.4 Å². The summed E-state index contributed by atoms with van der Waals surface area (Å²) in [5.74, 6) is -3.18. The monoisotopic (exact) mass is 691 g/mol. The van der Waals surface area contributed by atoms with E-state index in [1.54, 1.807) is 6.07 Å². The second-order valence-electron chi connectivity index (χ2n) is 10.7. The van der Waals surface area contributed by atoms with E-state index in [0.717, 1.165) is 6.07 Å². The van der Waals surface area contributed by atoms with Crippen molar-refractivity contribution < 1.29 is 50.2 Å². The fraction of sp³-hybridized carbons (Fsp3) is 0.323. The largest absolute Gasteiger partial charge is 0.507 e.